The first-order chi connectivity index (χ1) is 9.76. The number of hydrogen-bond donors (Lipinski definition) is 1. The van der Waals surface area contributed by atoms with Gasteiger partial charge in [0.05, 0.1) is 22.7 Å². The van der Waals surface area contributed by atoms with Gasteiger partial charge in [-0.05, 0) is 24.6 Å². The standard InChI is InChI=1S/C16H22N4/c1-2-3-4-5-6-7-10-20-15-11-13(12-17)8-9-14(15)19-16(20)18/h8-9,11H,2-7,10H2,1H3,(H2,18,19). The van der Waals surface area contributed by atoms with E-state index in [4.69, 9.17) is 11.0 Å². The number of aromatic nitrogens is 2. The quantitative estimate of drug-likeness (QED) is 0.777. The monoisotopic (exact) mass is 270 g/mol. The van der Waals surface area contributed by atoms with Crippen LogP contribution < -0.4 is 5.73 Å². The van der Waals surface area contributed by atoms with E-state index in [0.29, 0.717) is 11.5 Å². The van der Waals surface area contributed by atoms with E-state index in [-0.39, 0.29) is 0 Å². The minimum absolute atomic E-state index is 0.545. The topological polar surface area (TPSA) is 67.6 Å². The van der Waals surface area contributed by atoms with Gasteiger partial charge in [-0.3, -0.25) is 0 Å². The van der Waals surface area contributed by atoms with Crippen molar-refractivity contribution in [2.24, 2.45) is 0 Å². The highest BCUT2D eigenvalue weighted by molar-refractivity contribution is 5.79. The molecule has 0 aliphatic heterocycles. The minimum Gasteiger partial charge on any atom is -0.369 e. The summed E-state index contributed by atoms with van der Waals surface area (Å²) in [4.78, 5) is 4.35. The molecule has 2 rings (SSSR count). The Balaban J connectivity index is 2.02. The summed E-state index contributed by atoms with van der Waals surface area (Å²) in [6.45, 7) is 3.11. The second-order valence-corrected chi connectivity index (χ2v) is 5.20. The zero-order chi connectivity index (χ0) is 14.4. The summed E-state index contributed by atoms with van der Waals surface area (Å²) in [6.07, 6.45) is 7.52. The Kier molecular flexibility index (Phi) is 5.00. The Labute approximate surface area is 120 Å². The van der Waals surface area contributed by atoms with Crippen LogP contribution in [0.25, 0.3) is 11.0 Å². The smallest absolute Gasteiger partial charge is 0.201 e. The summed E-state index contributed by atoms with van der Waals surface area (Å²) in [7, 11) is 0. The number of unbranched alkanes of at least 4 members (excludes halogenated alkanes) is 5. The van der Waals surface area contributed by atoms with Crippen LogP contribution in [0.15, 0.2) is 18.2 Å². The Hall–Kier alpha value is -2.02. The van der Waals surface area contributed by atoms with Crippen molar-refractivity contribution in [3.63, 3.8) is 0 Å². The minimum atomic E-state index is 0.545. The lowest BCUT2D eigenvalue weighted by atomic mass is 10.1. The first-order valence-electron chi connectivity index (χ1n) is 7.42. The molecule has 1 aromatic carbocycles. The van der Waals surface area contributed by atoms with Gasteiger partial charge < -0.3 is 10.3 Å². The predicted molar refractivity (Wildman–Crippen MR) is 82.2 cm³/mol. The average Bonchev–Trinajstić information content (AvgIpc) is 2.77. The number of nitrogens with two attached hydrogens (primary N) is 1. The lowest BCUT2D eigenvalue weighted by Gasteiger charge is -2.06. The fourth-order valence-corrected chi connectivity index (χ4v) is 2.50. The van der Waals surface area contributed by atoms with E-state index < -0.39 is 0 Å². The molecule has 0 amide bonds. The summed E-state index contributed by atoms with van der Waals surface area (Å²) in [5.74, 6) is 0.545. The molecule has 2 aromatic rings. The van der Waals surface area contributed by atoms with Gasteiger partial charge in [-0.1, -0.05) is 39.0 Å². The molecule has 0 saturated heterocycles. The summed E-state index contributed by atoms with van der Waals surface area (Å²) in [6, 6.07) is 7.68. The van der Waals surface area contributed by atoms with Gasteiger partial charge in [-0.25, -0.2) is 4.98 Å². The molecule has 2 N–H and O–H groups in total. The van der Waals surface area contributed by atoms with E-state index in [1.165, 1.54) is 32.1 Å². The van der Waals surface area contributed by atoms with Crippen molar-refractivity contribution in [2.45, 2.75) is 52.0 Å². The number of aryl methyl sites for hydroxylation is 1. The van der Waals surface area contributed by atoms with Crippen molar-refractivity contribution in [1.29, 1.82) is 5.26 Å². The summed E-state index contributed by atoms with van der Waals surface area (Å²) >= 11 is 0. The van der Waals surface area contributed by atoms with Crippen molar-refractivity contribution in [2.75, 3.05) is 5.73 Å². The van der Waals surface area contributed by atoms with Gasteiger partial charge in [0.1, 0.15) is 0 Å². The highest BCUT2D eigenvalue weighted by Crippen LogP contribution is 2.20. The largest absolute Gasteiger partial charge is 0.369 e. The van der Waals surface area contributed by atoms with Crippen LogP contribution in [-0.2, 0) is 6.54 Å². The van der Waals surface area contributed by atoms with Gasteiger partial charge in [-0.15, -0.1) is 0 Å². The zero-order valence-electron chi connectivity index (χ0n) is 12.1. The maximum atomic E-state index is 8.98. The summed E-state index contributed by atoms with van der Waals surface area (Å²) < 4.78 is 2.02. The van der Waals surface area contributed by atoms with E-state index in [0.717, 1.165) is 24.0 Å². The molecule has 4 nitrogen and oxygen atoms in total. The molecule has 0 bridgehead atoms. The lowest BCUT2D eigenvalue weighted by Crippen LogP contribution is -2.03. The molecule has 1 aromatic heterocycles. The molecule has 0 aliphatic carbocycles. The van der Waals surface area contributed by atoms with Crippen molar-refractivity contribution >= 4 is 17.0 Å². The number of anilines is 1. The molecule has 0 spiro atoms. The highest BCUT2D eigenvalue weighted by Gasteiger charge is 2.08. The molecule has 1 heterocycles. The van der Waals surface area contributed by atoms with E-state index >= 15 is 0 Å². The molecular formula is C16H22N4. The normalized spacial score (nSPS) is 10.8. The summed E-state index contributed by atoms with van der Waals surface area (Å²) in [5.41, 5.74) is 8.47. The number of benzene rings is 1. The van der Waals surface area contributed by atoms with Gasteiger partial charge in [0.2, 0.25) is 5.95 Å². The van der Waals surface area contributed by atoms with Crippen molar-refractivity contribution < 1.29 is 0 Å². The van der Waals surface area contributed by atoms with Crippen molar-refractivity contribution in [3.05, 3.63) is 23.8 Å². The number of imidazole rings is 1. The molecule has 20 heavy (non-hydrogen) atoms. The van der Waals surface area contributed by atoms with Crippen molar-refractivity contribution in [3.8, 4) is 6.07 Å². The maximum Gasteiger partial charge on any atom is 0.201 e. The van der Waals surface area contributed by atoms with Crippen LogP contribution in [0.2, 0.25) is 0 Å². The first-order valence-corrected chi connectivity index (χ1v) is 7.42. The molecule has 0 radical (unpaired) electrons. The average molecular weight is 270 g/mol. The fraction of sp³-hybridized carbons (Fsp3) is 0.500. The van der Waals surface area contributed by atoms with Crippen LogP contribution in [0.3, 0.4) is 0 Å². The van der Waals surface area contributed by atoms with E-state index in [9.17, 15) is 0 Å². The lowest BCUT2D eigenvalue weighted by molar-refractivity contribution is 0.567. The molecule has 0 aliphatic rings. The van der Waals surface area contributed by atoms with Crippen LogP contribution in [0.4, 0.5) is 5.95 Å². The van der Waals surface area contributed by atoms with E-state index in [2.05, 4.69) is 18.0 Å². The Morgan fingerprint density at radius 3 is 2.70 bits per heavy atom. The Morgan fingerprint density at radius 1 is 1.20 bits per heavy atom. The number of hydrogen-bond acceptors (Lipinski definition) is 3. The van der Waals surface area contributed by atoms with Crippen molar-refractivity contribution in [1.82, 2.24) is 9.55 Å². The SMILES string of the molecule is CCCCCCCCn1c(N)nc2ccc(C#N)cc21. The van der Waals surface area contributed by atoms with E-state index in [1.807, 2.05) is 16.7 Å². The van der Waals surface area contributed by atoms with Crippen LogP contribution in [0.1, 0.15) is 51.0 Å². The number of nitrogens with zero attached hydrogens (tertiary/aromatic N) is 3. The molecular weight excluding hydrogens is 248 g/mol. The van der Waals surface area contributed by atoms with Crippen LogP contribution >= 0.6 is 0 Å². The third-order valence-corrected chi connectivity index (χ3v) is 3.64. The number of rotatable bonds is 7. The number of nitrogen functional groups attached to an aromatic ring is 1. The number of nitriles is 1. The van der Waals surface area contributed by atoms with Gasteiger partial charge in [0.25, 0.3) is 0 Å². The Bertz CT molecular complexity index is 607. The molecule has 106 valence electrons. The molecule has 0 unspecified atom stereocenters. The van der Waals surface area contributed by atoms with Gasteiger partial charge >= 0.3 is 0 Å². The maximum absolute atomic E-state index is 8.98. The number of fused-ring (bicyclic) bond motifs is 1. The molecule has 0 fully saturated rings. The first kappa shape index (κ1) is 14.4. The summed E-state index contributed by atoms with van der Waals surface area (Å²) in [5, 5.41) is 8.98. The van der Waals surface area contributed by atoms with Crippen LogP contribution in [-0.4, -0.2) is 9.55 Å². The molecule has 0 saturated carbocycles. The van der Waals surface area contributed by atoms with Crippen LogP contribution in [0.5, 0.6) is 0 Å². The van der Waals surface area contributed by atoms with E-state index in [1.54, 1.807) is 6.07 Å². The highest BCUT2D eigenvalue weighted by atomic mass is 15.1. The third kappa shape index (κ3) is 3.30. The predicted octanol–water partition coefficient (Wildman–Crippen LogP) is 3.85. The Morgan fingerprint density at radius 2 is 1.95 bits per heavy atom. The molecule has 4 heteroatoms. The third-order valence-electron chi connectivity index (χ3n) is 3.64. The second-order valence-electron chi connectivity index (χ2n) is 5.20. The second kappa shape index (κ2) is 6.95. The fourth-order valence-electron chi connectivity index (χ4n) is 2.50. The van der Waals surface area contributed by atoms with Gasteiger partial charge in [0, 0.05) is 6.54 Å². The van der Waals surface area contributed by atoms with Crippen LogP contribution in [0, 0.1) is 11.3 Å². The zero-order valence-corrected chi connectivity index (χ0v) is 12.1. The molecule has 0 atom stereocenters. The van der Waals surface area contributed by atoms with Gasteiger partial charge in [-0.2, -0.15) is 5.26 Å². The van der Waals surface area contributed by atoms with Gasteiger partial charge in [0.15, 0.2) is 0 Å².